The average molecular weight is 350 g/mol. The lowest BCUT2D eigenvalue weighted by molar-refractivity contribution is 0.0189. The summed E-state index contributed by atoms with van der Waals surface area (Å²) in [5.41, 5.74) is 0.743. The highest BCUT2D eigenvalue weighted by atomic mass is 19.3. The molecule has 4 aromatic rings. The molecule has 0 saturated carbocycles. The smallest absolute Gasteiger partial charge is 0.258 e. The molecule has 4 aromatic carbocycles. The van der Waals surface area contributed by atoms with Crippen LogP contribution in [-0.4, -0.2) is 37.5 Å². The number of halogens is 2. The number of alkyl halides is 2. The molecule has 1 aliphatic heterocycles. The summed E-state index contributed by atoms with van der Waals surface area (Å²) in [6.45, 7) is 2.82. The first-order chi connectivity index (χ1) is 12.7. The fraction of sp³-hybridized carbons (Fsp3) is 0.273. The average Bonchev–Trinajstić information content (AvgIpc) is 2.68. The molecule has 1 atom stereocenters. The predicted octanol–water partition coefficient (Wildman–Crippen LogP) is 4.80. The van der Waals surface area contributed by atoms with Gasteiger partial charge < -0.3 is 5.32 Å². The number of nitrogens with one attached hydrogen (secondary N) is 1. The molecule has 0 radical (unpaired) electrons. The standard InChI is InChI=1S/C22H20F2N2/c23-22(24)21(26-12-10-25-11-13-26)18-9-7-16-5-4-14-2-1-3-15-6-8-17(18)20(16)19(14)15/h1-9,21-22,25H,10-13H2/t21-/m1/s1. The minimum atomic E-state index is -2.41. The van der Waals surface area contributed by atoms with E-state index in [1.807, 2.05) is 29.2 Å². The lowest BCUT2D eigenvalue weighted by Crippen LogP contribution is -2.46. The number of piperazine rings is 1. The topological polar surface area (TPSA) is 15.3 Å². The summed E-state index contributed by atoms with van der Waals surface area (Å²) in [4.78, 5) is 1.92. The summed E-state index contributed by atoms with van der Waals surface area (Å²) >= 11 is 0. The van der Waals surface area contributed by atoms with Gasteiger partial charge in [0.1, 0.15) is 0 Å². The number of hydrogen-bond acceptors (Lipinski definition) is 2. The monoisotopic (exact) mass is 350 g/mol. The van der Waals surface area contributed by atoms with Crippen LogP contribution in [0.2, 0.25) is 0 Å². The Bertz CT molecular complexity index is 1050. The van der Waals surface area contributed by atoms with Gasteiger partial charge in [0, 0.05) is 26.2 Å². The predicted molar refractivity (Wildman–Crippen MR) is 103 cm³/mol. The molecule has 2 nitrogen and oxygen atoms in total. The van der Waals surface area contributed by atoms with Crippen LogP contribution in [0.15, 0.2) is 54.6 Å². The van der Waals surface area contributed by atoms with Crippen LogP contribution < -0.4 is 5.32 Å². The molecule has 0 amide bonds. The van der Waals surface area contributed by atoms with Crippen molar-refractivity contribution in [1.82, 2.24) is 10.2 Å². The van der Waals surface area contributed by atoms with Gasteiger partial charge in [-0.2, -0.15) is 0 Å². The van der Waals surface area contributed by atoms with Crippen molar-refractivity contribution in [2.45, 2.75) is 12.5 Å². The normalized spacial score (nSPS) is 17.7. The number of nitrogens with zero attached hydrogens (tertiary/aromatic N) is 1. The quantitative estimate of drug-likeness (QED) is 0.534. The van der Waals surface area contributed by atoms with Crippen molar-refractivity contribution >= 4 is 32.3 Å². The Labute approximate surface area is 150 Å². The molecule has 4 heteroatoms. The minimum Gasteiger partial charge on any atom is -0.314 e. The fourth-order valence-corrected chi connectivity index (χ4v) is 4.47. The third-order valence-corrected chi connectivity index (χ3v) is 5.66. The van der Waals surface area contributed by atoms with Crippen LogP contribution in [0.3, 0.4) is 0 Å². The van der Waals surface area contributed by atoms with Crippen LogP contribution in [0.4, 0.5) is 8.78 Å². The van der Waals surface area contributed by atoms with Gasteiger partial charge in [0.15, 0.2) is 0 Å². The second-order valence-electron chi connectivity index (χ2n) is 7.08. The van der Waals surface area contributed by atoms with Crippen LogP contribution in [0, 0.1) is 0 Å². The third-order valence-electron chi connectivity index (χ3n) is 5.66. The molecular weight excluding hydrogens is 330 g/mol. The Morgan fingerprint density at radius 3 is 2.08 bits per heavy atom. The molecule has 5 rings (SSSR count). The van der Waals surface area contributed by atoms with Crippen molar-refractivity contribution in [2.24, 2.45) is 0 Å². The Kier molecular flexibility index (Phi) is 3.76. The van der Waals surface area contributed by atoms with Gasteiger partial charge in [-0.15, -0.1) is 0 Å². The molecule has 0 bridgehead atoms. The van der Waals surface area contributed by atoms with E-state index in [0.29, 0.717) is 13.1 Å². The number of rotatable bonds is 3. The molecule has 1 fully saturated rings. The van der Waals surface area contributed by atoms with Crippen molar-refractivity contribution in [3.8, 4) is 0 Å². The highest BCUT2D eigenvalue weighted by Gasteiger charge is 2.31. The van der Waals surface area contributed by atoms with E-state index in [2.05, 4.69) is 35.6 Å². The van der Waals surface area contributed by atoms with E-state index in [1.165, 1.54) is 5.39 Å². The molecule has 0 spiro atoms. The SMILES string of the molecule is FC(F)[C@@H](c1ccc2ccc3cccc4ccc1c2c34)N1CCNCC1. The largest absolute Gasteiger partial charge is 0.314 e. The third kappa shape index (κ3) is 2.37. The van der Waals surface area contributed by atoms with Gasteiger partial charge in [-0.25, -0.2) is 8.78 Å². The van der Waals surface area contributed by atoms with E-state index in [9.17, 15) is 8.78 Å². The Balaban J connectivity index is 1.79. The van der Waals surface area contributed by atoms with E-state index in [0.717, 1.165) is 45.6 Å². The maximum absolute atomic E-state index is 14.1. The van der Waals surface area contributed by atoms with Crippen LogP contribution >= 0.6 is 0 Å². The molecule has 1 saturated heterocycles. The van der Waals surface area contributed by atoms with E-state index in [-0.39, 0.29) is 0 Å². The zero-order chi connectivity index (χ0) is 17.7. The highest BCUT2D eigenvalue weighted by molar-refractivity contribution is 6.23. The Morgan fingerprint density at radius 2 is 1.38 bits per heavy atom. The first-order valence-corrected chi connectivity index (χ1v) is 9.13. The highest BCUT2D eigenvalue weighted by Crippen LogP contribution is 2.40. The minimum absolute atomic E-state index is 0.650. The maximum Gasteiger partial charge on any atom is 0.258 e. The van der Waals surface area contributed by atoms with Crippen molar-refractivity contribution in [3.63, 3.8) is 0 Å². The molecule has 0 aliphatic carbocycles. The van der Waals surface area contributed by atoms with Gasteiger partial charge in [-0.3, -0.25) is 4.90 Å². The van der Waals surface area contributed by atoms with Crippen molar-refractivity contribution in [3.05, 3.63) is 60.2 Å². The number of hydrogen-bond donors (Lipinski definition) is 1. The van der Waals surface area contributed by atoms with Crippen LogP contribution in [0.5, 0.6) is 0 Å². The summed E-state index contributed by atoms with van der Waals surface area (Å²) in [5.74, 6) is 0. The summed E-state index contributed by atoms with van der Waals surface area (Å²) in [7, 11) is 0. The fourth-order valence-electron chi connectivity index (χ4n) is 4.47. The first-order valence-electron chi connectivity index (χ1n) is 9.13. The van der Waals surface area contributed by atoms with Gasteiger partial charge >= 0.3 is 0 Å². The summed E-state index contributed by atoms with van der Waals surface area (Å²) in [6, 6.07) is 17.6. The lowest BCUT2D eigenvalue weighted by Gasteiger charge is -2.35. The van der Waals surface area contributed by atoms with Crippen molar-refractivity contribution in [1.29, 1.82) is 0 Å². The molecule has 0 aromatic heterocycles. The van der Waals surface area contributed by atoms with E-state index < -0.39 is 12.5 Å². The zero-order valence-electron chi connectivity index (χ0n) is 14.4. The second-order valence-corrected chi connectivity index (χ2v) is 7.08. The van der Waals surface area contributed by atoms with E-state index in [4.69, 9.17) is 0 Å². The Morgan fingerprint density at radius 1 is 0.769 bits per heavy atom. The van der Waals surface area contributed by atoms with E-state index >= 15 is 0 Å². The van der Waals surface area contributed by atoms with Gasteiger partial charge in [-0.1, -0.05) is 54.6 Å². The molecule has 132 valence electrons. The molecule has 0 unspecified atom stereocenters. The van der Waals surface area contributed by atoms with Crippen molar-refractivity contribution in [2.75, 3.05) is 26.2 Å². The molecule has 26 heavy (non-hydrogen) atoms. The van der Waals surface area contributed by atoms with E-state index in [1.54, 1.807) is 0 Å². The molecule has 1 heterocycles. The molecular formula is C22H20F2N2. The zero-order valence-corrected chi connectivity index (χ0v) is 14.4. The lowest BCUT2D eigenvalue weighted by atomic mass is 9.89. The molecule has 1 N–H and O–H groups in total. The van der Waals surface area contributed by atoms with Crippen LogP contribution in [0.25, 0.3) is 32.3 Å². The number of benzene rings is 4. The summed E-state index contributed by atoms with van der Waals surface area (Å²) < 4.78 is 28.3. The molecule has 1 aliphatic rings. The van der Waals surface area contributed by atoms with Crippen LogP contribution in [-0.2, 0) is 0 Å². The van der Waals surface area contributed by atoms with Gasteiger partial charge in [0.2, 0.25) is 0 Å². The summed E-state index contributed by atoms with van der Waals surface area (Å²) in [6.07, 6.45) is -2.41. The van der Waals surface area contributed by atoms with Gasteiger partial charge in [0.25, 0.3) is 6.43 Å². The van der Waals surface area contributed by atoms with Crippen molar-refractivity contribution < 1.29 is 8.78 Å². The second kappa shape index (κ2) is 6.15. The van der Waals surface area contributed by atoms with Gasteiger partial charge in [-0.05, 0) is 37.9 Å². The maximum atomic E-state index is 14.1. The summed E-state index contributed by atoms with van der Waals surface area (Å²) in [5, 5.41) is 9.93. The Hall–Kier alpha value is -2.30. The first kappa shape index (κ1) is 15.9. The van der Waals surface area contributed by atoms with Gasteiger partial charge in [0.05, 0.1) is 6.04 Å². The van der Waals surface area contributed by atoms with Crippen LogP contribution in [0.1, 0.15) is 11.6 Å².